The molecule has 2 aromatic carbocycles. The van der Waals surface area contributed by atoms with Gasteiger partial charge in [-0.3, -0.25) is 0 Å². The van der Waals surface area contributed by atoms with E-state index < -0.39 is 0 Å². The summed E-state index contributed by atoms with van der Waals surface area (Å²) in [7, 11) is 2.01. The lowest BCUT2D eigenvalue weighted by atomic mass is 9.76. The Morgan fingerprint density at radius 1 is 1.04 bits per heavy atom. The second-order valence-corrected chi connectivity index (χ2v) is 7.60. The van der Waals surface area contributed by atoms with Crippen molar-refractivity contribution in [3.8, 4) is 0 Å². The van der Waals surface area contributed by atoms with Gasteiger partial charge in [0.15, 0.2) is 0 Å². The first-order valence-corrected chi connectivity index (χ1v) is 9.19. The first-order chi connectivity index (χ1) is 11.5. The molecule has 2 atom stereocenters. The van der Waals surface area contributed by atoms with E-state index in [1.54, 1.807) is 0 Å². The van der Waals surface area contributed by atoms with Gasteiger partial charge in [-0.15, -0.1) is 0 Å². The molecule has 0 radical (unpaired) electrons. The van der Waals surface area contributed by atoms with Crippen molar-refractivity contribution >= 4 is 46.1 Å². The molecule has 1 aliphatic rings. The second kappa shape index (κ2) is 7.40. The Kier molecular flexibility index (Phi) is 5.46. The van der Waals surface area contributed by atoms with Crippen molar-refractivity contribution in [3.05, 3.63) is 63.1 Å². The van der Waals surface area contributed by atoms with Crippen molar-refractivity contribution in [2.75, 3.05) is 12.4 Å². The number of halogens is 2. The Morgan fingerprint density at radius 3 is 2.50 bits per heavy atom. The first-order valence-electron chi connectivity index (χ1n) is 8.03. The van der Waals surface area contributed by atoms with Gasteiger partial charge in [0.05, 0.1) is 15.0 Å². The number of thiocarbonyl (C=S) groups is 1. The van der Waals surface area contributed by atoms with Gasteiger partial charge in [0, 0.05) is 17.6 Å². The first kappa shape index (κ1) is 17.7. The predicted molar refractivity (Wildman–Crippen MR) is 108 cm³/mol. The van der Waals surface area contributed by atoms with Crippen LogP contribution in [0.15, 0.2) is 36.4 Å². The Balaban J connectivity index is 2.03. The molecule has 0 bridgehead atoms. The molecule has 0 heterocycles. The van der Waals surface area contributed by atoms with Crippen molar-refractivity contribution in [1.29, 1.82) is 0 Å². The minimum atomic E-state index is 0.335. The zero-order valence-electron chi connectivity index (χ0n) is 13.7. The standard InChI is InChI=1S/C19H20Cl2N2S/c1-11(24)23-13-4-5-15-14(6-8-19(22-2)16(15)10-13)12-3-7-17(20)18(21)9-12/h3-5,7,9-10,14,19,22H,6,8H2,1-2H3,(H,23,24)/t14-,19-/m0/s1. The average molecular weight is 379 g/mol. The molecule has 0 aliphatic heterocycles. The lowest BCUT2D eigenvalue weighted by Crippen LogP contribution is -2.24. The molecule has 0 saturated heterocycles. The van der Waals surface area contributed by atoms with Crippen molar-refractivity contribution < 1.29 is 0 Å². The zero-order valence-corrected chi connectivity index (χ0v) is 16.0. The molecule has 5 heteroatoms. The summed E-state index contributed by atoms with van der Waals surface area (Å²) >= 11 is 17.5. The van der Waals surface area contributed by atoms with E-state index in [1.165, 1.54) is 16.7 Å². The number of hydrogen-bond acceptors (Lipinski definition) is 2. The van der Waals surface area contributed by atoms with E-state index in [0.29, 0.717) is 22.0 Å². The maximum absolute atomic E-state index is 6.23. The van der Waals surface area contributed by atoms with Crippen molar-refractivity contribution in [1.82, 2.24) is 5.32 Å². The maximum Gasteiger partial charge on any atom is 0.0765 e. The van der Waals surface area contributed by atoms with E-state index in [0.717, 1.165) is 23.5 Å². The van der Waals surface area contributed by atoms with Crippen LogP contribution in [0.25, 0.3) is 0 Å². The van der Waals surface area contributed by atoms with Crippen LogP contribution in [0.5, 0.6) is 0 Å². The third kappa shape index (κ3) is 3.60. The highest BCUT2D eigenvalue weighted by molar-refractivity contribution is 7.80. The van der Waals surface area contributed by atoms with Gasteiger partial charge in [-0.05, 0) is 67.8 Å². The lowest BCUT2D eigenvalue weighted by Gasteiger charge is -2.32. The second-order valence-electron chi connectivity index (χ2n) is 6.17. The van der Waals surface area contributed by atoms with E-state index in [1.807, 2.05) is 26.1 Å². The summed E-state index contributed by atoms with van der Waals surface area (Å²) in [4.78, 5) is 0.771. The Hall–Kier alpha value is -1.13. The number of benzene rings is 2. The summed E-state index contributed by atoms with van der Waals surface area (Å²) in [5.41, 5.74) is 4.91. The third-order valence-electron chi connectivity index (χ3n) is 4.60. The predicted octanol–water partition coefficient (Wildman–Crippen LogP) is 5.94. The summed E-state index contributed by atoms with van der Waals surface area (Å²) in [5.74, 6) is 0.335. The van der Waals surface area contributed by atoms with E-state index in [4.69, 9.17) is 35.4 Å². The fourth-order valence-corrected chi connectivity index (χ4v) is 3.92. The largest absolute Gasteiger partial charge is 0.350 e. The topological polar surface area (TPSA) is 24.1 Å². The normalized spacial score (nSPS) is 19.7. The summed E-state index contributed by atoms with van der Waals surface area (Å²) < 4.78 is 0. The molecule has 0 unspecified atom stereocenters. The summed E-state index contributed by atoms with van der Waals surface area (Å²) in [6.07, 6.45) is 2.16. The van der Waals surface area contributed by atoms with E-state index in [9.17, 15) is 0 Å². The fraction of sp³-hybridized carbons (Fsp3) is 0.316. The van der Waals surface area contributed by atoms with Crippen molar-refractivity contribution in [2.24, 2.45) is 0 Å². The minimum absolute atomic E-state index is 0.335. The smallest absolute Gasteiger partial charge is 0.0765 e. The van der Waals surface area contributed by atoms with Gasteiger partial charge in [-0.25, -0.2) is 0 Å². The summed E-state index contributed by atoms with van der Waals surface area (Å²) in [6, 6.07) is 12.8. The quantitative estimate of drug-likeness (QED) is 0.646. The van der Waals surface area contributed by atoms with Gasteiger partial charge in [0.25, 0.3) is 0 Å². The number of anilines is 1. The number of hydrogen-bond donors (Lipinski definition) is 2. The molecule has 3 rings (SSSR count). The van der Waals surface area contributed by atoms with Crippen molar-refractivity contribution in [2.45, 2.75) is 31.7 Å². The van der Waals surface area contributed by atoms with Crippen LogP contribution in [0.4, 0.5) is 5.69 Å². The molecule has 1 aliphatic carbocycles. The highest BCUT2D eigenvalue weighted by Crippen LogP contribution is 2.43. The van der Waals surface area contributed by atoms with Crippen LogP contribution in [0.1, 0.15) is 48.4 Å². The van der Waals surface area contributed by atoms with Gasteiger partial charge in [-0.2, -0.15) is 0 Å². The molecule has 0 fully saturated rings. The summed E-state index contributed by atoms with van der Waals surface area (Å²) in [6.45, 7) is 1.89. The highest BCUT2D eigenvalue weighted by Gasteiger charge is 2.28. The Morgan fingerprint density at radius 2 is 1.83 bits per heavy atom. The van der Waals surface area contributed by atoms with E-state index >= 15 is 0 Å². The van der Waals surface area contributed by atoms with Crippen LogP contribution >= 0.6 is 35.4 Å². The third-order valence-corrected chi connectivity index (χ3v) is 5.44. The maximum atomic E-state index is 6.23. The Labute approximate surface area is 158 Å². The number of rotatable bonds is 3. The monoisotopic (exact) mass is 378 g/mol. The van der Waals surface area contributed by atoms with E-state index in [2.05, 4.69) is 34.9 Å². The van der Waals surface area contributed by atoms with Crippen LogP contribution in [0.2, 0.25) is 10.0 Å². The SMILES string of the molecule is CN[C@H]1CC[C@@H](c2ccc(Cl)c(Cl)c2)c2ccc(NC(C)=S)cc21. The zero-order chi connectivity index (χ0) is 17.3. The average Bonchev–Trinajstić information content (AvgIpc) is 2.55. The molecule has 24 heavy (non-hydrogen) atoms. The molecule has 126 valence electrons. The van der Waals surface area contributed by atoms with Crippen molar-refractivity contribution in [3.63, 3.8) is 0 Å². The molecule has 0 spiro atoms. The molecule has 0 saturated carbocycles. The number of fused-ring (bicyclic) bond motifs is 1. The molecule has 2 N–H and O–H groups in total. The Bertz CT molecular complexity index is 776. The molecule has 2 aromatic rings. The van der Waals surface area contributed by atoms with Crippen LogP contribution in [-0.4, -0.2) is 12.0 Å². The van der Waals surface area contributed by atoms with Crippen LogP contribution < -0.4 is 10.6 Å². The van der Waals surface area contributed by atoms with Gasteiger partial charge >= 0.3 is 0 Å². The van der Waals surface area contributed by atoms with Crippen LogP contribution in [0, 0.1) is 0 Å². The molecule has 2 nitrogen and oxygen atoms in total. The van der Waals surface area contributed by atoms with Crippen LogP contribution in [-0.2, 0) is 0 Å². The van der Waals surface area contributed by atoms with Gasteiger partial charge in [-0.1, -0.05) is 47.6 Å². The van der Waals surface area contributed by atoms with Gasteiger partial charge in [0.1, 0.15) is 0 Å². The van der Waals surface area contributed by atoms with E-state index in [-0.39, 0.29) is 0 Å². The molecule has 0 amide bonds. The lowest BCUT2D eigenvalue weighted by molar-refractivity contribution is 0.471. The minimum Gasteiger partial charge on any atom is -0.350 e. The summed E-state index contributed by atoms with van der Waals surface area (Å²) in [5, 5.41) is 7.87. The van der Waals surface area contributed by atoms with Crippen LogP contribution in [0.3, 0.4) is 0 Å². The molecular formula is C19H20Cl2N2S. The molecule has 0 aromatic heterocycles. The van der Waals surface area contributed by atoms with Gasteiger partial charge in [0.2, 0.25) is 0 Å². The fourth-order valence-electron chi connectivity index (χ4n) is 3.49. The number of nitrogens with one attached hydrogen (secondary N) is 2. The highest BCUT2D eigenvalue weighted by atomic mass is 35.5. The molecular weight excluding hydrogens is 359 g/mol. The van der Waals surface area contributed by atoms with Gasteiger partial charge < -0.3 is 10.6 Å².